The summed E-state index contributed by atoms with van der Waals surface area (Å²) >= 11 is 1.98. The fourth-order valence-corrected chi connectivity index (χ4v) is 3.67. The highest BCUT2D eigenvalue weighted by Gasteiger charge is 2.36. The quantitative estimate of drug-likeness (QED) is 0.792. The van der Waals surface area contributed by atoms with Crippen molar-refractivity contribution in [2.75, 3.05) is 25.6 Å². The number of fused-ring (bicyclic) bond motifs is 2. The second kappa shape index (κ2) is 5.55. The van der Waals surface area contributed by atoms with Crippen molar-refractivity contribution in [3.63, 3.8) is 0 Å². The van der Waals surface area contributed by atoms with Crippen molar-refractivity contribution in [1.82, 2.24) is 10.2 Å². The monoisotopic (exact) mass is 228 g/mol. The van der Waals surface area contributed by atoms with Crippen molar-refractivity contribution < 1.29 is 0 Å². The summed E-state index contributed by atoms with van der Waals surface area (Å²) < 4.78 is 0. The molecule has 2 saturated heterocycles. The Morgan fingerprint density at radius 2 is 1.93 bits per heavy atom. The predicted molar refractivity (Wildman–Crippen MR) is 68.6 cm³/mol. The van der Waals surface area contributed by atoms with Crippen LogP contribution in [0.5, 0.6) is 0 Å². The molecular weight excluding hydrogens is 204 g/mol. The minimum Gasteiger partial charge on any atom is -0.317 e. The highest BCUT2D eigenvalue weighted by Crippen LogP contribution is 2.33. The normalized spacial score (nSPS) is 36.8. The first kappa shape index (κ1) is 11.7. The molecule has 0 aromatic rings. The molecule has 0 aliphatic carbocycles. The minimum atomic E-state index is 0.783. The lowest BCUT2D eigenvalue weighted by molar-refractivity contribution is 0.0318. The lowest BCUT2D eigenvalue weighted by atomic mass is 9.82. The Morgan fingerprint density at radius 3 is 2.47 bits per heavy atom. The Labute approximate surface area is 98.2 Å². The standard InChI is InChI=1S/C12H24N2S/c1-13-10-8-11-4-3-5-12(9-10)14(11)6-7-15-2/h10-13H,3-9H2,1-2H3. The number of thioether (sulfide) groups is 1. The second-order valence-electron chi connectivity index (χ2n) is 4.93. The third-order valence-electron chi connectivity index (χ3n) is 4.09. The summed E-state index contributed by atoms with van der Waals surface area (Å²) in [7, 11) is 2.12. The summed E-state index contributed by atoms with van der Waals surface area (Å²) in [6.07, 6.45) is 9.30. The van der Waals surface area contributed by atoms with Crippen LogP contribution < -0.4 is 5.32 Å². The van der Waals surface area contributed by atoms with Crippen LogP contribution in [-0.2, 0) is 0 Å². The van der Waals surface area contributed by atoms with E-state index in [4.69, 9.17) is 0 Å². The number of piperidine rings is 2. The molecule has 1 N–H and O–H groups in total. The Hall–Kier alpha value is 0.270. The van der Waals surface area contributed by atoms with Gasteiger partial charge in [-0.25, -0.2) is 0 Å². The lowest BCUT2D eigenvalue weighted by Crippen LogP contribution is -2.56. The molecule has 88 valence electrons. The largest absolute Gasteiger partial charge is 0.317 e. The molecule has 2 aliphatic heterocycles. The average Bonchev–Trinajstić information content (AvgIpc) is 2.25. The predicted octanol–water partition coefficient (Wildman–Crippen LogP) is 1.95. The summed E-state index contributed by atoms with van der Waals surface area (Å²) in [6.45, 7) is 1.31. The van der Waals surface area contributed by atoms with E-state index >= 15 is 0 Å². The van der Waals surface area contributed by atoms with Gasteiger partial charge in [0, 0.05) is 30.4 Å². The maximum atomic E-state index is 3.48. The molecule has 2 bridgehead atoms. The maximum absolute atomic E-state index is 3.48. The van der Waals surface area contributed by atoms with Crippen LogP contribution in [0.15, 0.2) is 0 Å². The molecule has 3 heteroatoms. The van der Waals surface area contributed by atoms with Gasteiger partial charge in [0.05, 0.1) is 0 Å². The number of hydrogen-bond donors (Lipinski definition) is 1. The zero-order chi connectivity index (χ0) is 10.7. The Morgan fingerprint density at radius 1 is 1.27 bits per heavy atom. The zero-order valence-corrected chi connectivity index (χ0v) is 10.9. The van der Waals surface area contributed by atoms with Crippen LogP contribution in [0.3, 0.4) is 0 Å². The van der Waals surface area contributed by atoms with E-state index in [2.05, 4.69) is 23.5 Å². The highest BCUT2D eigenvalue weighted by molar-refractivity contribution is 7.98. The molecule has 0 aromatic carbocycles. The first-order chi connectivity index (χ1) is 7.35. The zero-order valence-electron chi connectivity index (χ0n) is 10.0. The number of nitrogens with zero attached hydrogens (tertiary/aromatic N) is 1. The number of hydrogen-bond acceptors (Lipinski definition) is 3. The molecule has 0 spiro atoms. The molecule has 0 aromatic heterocycles. The summed E-state index contributed by atoms with van der Waals surface area (Å²) in [4.78, 5) is 2.80. The van der Waals surface area contributed by atoms with Crippen molar-refractivity contribution in [3.05, 3.63) is 0 Å². The Balaban J connectivity index is 1.94. The van der Waals surface area contributed by atoms with E-state index in [0.29, 0.717) is 0 Å². The third kappa shape index (κ3) is 2.69. The topological polar surface area (TPSA) is 15.3 Å². The van der Waals surface area contributed by atoms with E-state index in [1.165, 1.54) is 44.4 Å². The Kier molecular flexibility index (Phi) is 4.35. The van der Waals surface area contributed by atoms with Crippen LogP contribution in [0, 0.1) is 0 Å². The Bertz CT molecular complexity index is 184. The molecule has 2 nitrogen and oxygen atoms in total. The smallest absolute Gasteiger partial charge is 0.0113 e. The number of nitrogens with one attached hydrogen (secondary N) is 1. The fraction of sp³-hybridized carbons (Fsp3) is 1.00. The molecule has 2 rings (SSSR count). The van der Waals surface area contributed by atoms with Gasteiger partial charge in [0.25, 0.3) is 0 Å². The van der Waals surface area contributed by atoms with Gasteiger partial charge < -0.3 is 5.32 Å². The van der Waals surface area contributed by atoms with Crippen molar-refractivity contribution in [2.24, 2.45) is 0 Å². The molecule has 2 atom stereocenters. The van der Waals surface area contributed by atoms with Gasteiger partial charge in [-0.05, 0) is 39.0 Å². The molecule has 2 heterocycles. The van der Waals surface area contributed by atoms with E-state index in [-0.39, 0.29) is 0 Å². The SMILES string of the molecule is CNC1CC2CCCC(C1)N2CCSC. The van der Waals surface area contributed by atoms with Gasteiger partial charge in [0.15, 0.2) is 0 Å². The van der Waals surface area contributed by atoms with Gasteiger partial charge in [0.2, 0.25) is 0 Å². The fourth-order valence-electron chi connectivity index (χ4n) is 3.28. The summed E-state index contributed by atoms with van der Waals surface area (Å²) in [5, 5.41) is 3.48. The minimum absolute atomic E-state index is 0.783. The average molecular weight is 228 g/mol. The number of rotatable bonds is 4. The van der Waals surface area contributed by atoms with Gasteiger partial charge >= 0.3 is 0 Å². The van der Waals surface area contributed by atoms with Crippen molar-refractivity contribution in [1.29, 1.82) is 0 Å². The van der Waals surface area contributed by atoms with Crippen LogP contribution in [-0.4, -0.2) is 48.6 Å². The summed E-state index contributed by atoms with van der Waals surface area (Å²) in [5.74, 6) is 1.30. The van der Waals surface area contributed by atoms with E-state index < -0.39 is 0 Å². The molecule has 0 amide bonds. The molecule has 2 fully saturated rings. The summed E-state index contributed by atoms with van der Waals surface area (Å²) in [6, 6.07) is 2.54. The van der Waals surface area contributed by atoms with Crippen LogP contribution in [0.25, 0.3) is 0 Å². The molecule has 0 saturated carbocycles. The van der Waals surface area contributed by atoms with Crippen LogP contribution in [0.4, 0.5) is 0 Å². The third-order valence-corrected chi connectivity index (χ3v) is 4.68. The lowest BCUT2D eigenvalue weighted by Gasteiger charge is -2.49. The van der Waals surface area contributed by atoms with Crippen LogP contribution >= 0.6 is 11.8 Å². The van der Waals surface area contributed by atoms with Crippen LogP contribution in [0.2, 0.25) is 0 Å². The molecular formula is C12H24N2S. The first-order valence-electron chi connectivity index (χ1n) is 6.27. The van der Waals surface area contributed by atoms with Gasteiger partial charge in [-0.1, -0.05) is 6.42 Å². The van der Waals surface area contributed by atoms with E-state index in [0.717, 1.165) is 18.1 Å². The van der Waals surface area contributed by atoms with Gasteiger partial charge in [0.1, 0.15) is 0 Å². The highest BCUT2D eigenvalue weighted by atomic mass is 32.2. The van der Waals surface area contributed by atoms with E-state index in [9.17, 15) is 0 Å². The molecule has 2 aliphatic rings. The van der Waals surface area contributed by atoms with E-state index in [1.807, 2.05) is 11.8 Å². The van der Waals surface area contributed by atoms with Crippen molar-refractivity contribution in [2.45, 2.75) is 50.2 Å². The molecule has 15 heavy (non-hydrogen) atoms. The van der Waals surface area contributed by atoms with Gasteiger partial charge in [-0.2, -0.15) is 11.8 Å². The van der Waals surface area contributed by atoms with Crippen molar-refractivity contribution >= 4 is 11.8 Å². The molecule has 0 radical (unpaired) electrons. The van der Waals surface area contributed by atoms with Crippen molar-refractivity contribution in [3.8, 4) is 0 Å². The second-order valence-corrected chi connectivity index (χ2v) is 5.91. The van der Waals surface area contributed by atoms with Gasteiger partial charge in [-0.15, -0.1) is 0 Å². The summed E-state index contributed by atoms with van der Waals surface area (Å²) in [5.41, 5.74) is 0. The maximum Gasteiger partial charge on any atom is 0.0113 e. The van der Waals surface area contributed by atoms with Crippen LogP contribution in [0.1, 0.15) is 32.1 Å². The molecule has 2 unspecified atom stereocenters. The van der Waals surface area contributed by atoms with Gasteiger partial charge in [-0.3, -0.25) is 4.90 Å². The van der Waals surface area contributed by atoms with E-state index in [1.54, 1.807) is 0 Å². The first-order valence-corrected chi connectivity index (χ1v) is 7.66.